The van der Waals surface area contributed by atoms with Crippen LogP contribution in [0.5, 0.6) is 0 Å². The van der Waals surface area contributed by atoms with Crippen LogP contribution in [0.2, 0.25) is 5.02 Å². The van der Waals surface area contributed by atoms with Gasteiger partial charge in [0.2, 0.25) is 5.91 Å². The van der Waals surface area contributed by atoms with Gasteiger partial charge in [0, 0.05) is 43.4 Å². The fourth-order valence-electron chi connectivity index (χ4n) is 3.30. The largest absolute Gasteiger partial charge is 0.325 e. The smallest absolute Gasteiger partial charge is 0.238 e. The SMILES string of the molecule is Cc1cccc(CN2CCN(CC(=O)Nc3cc(Cl)ccc3C)CC2)c1. The maximum Gasteiger partial charge on any atom is 0.238 e. The van der Waals surface area contributed by atoms with Gasteiger partial charge in [-0.05, 0) is 37.1 Å². The van der Waals surface area contributed by atoms with Gasteiger partial charge in [0.05, 0.1) is 6.54 Å². The number of hydrogen-bond donors (Lipinski definition) is 1. The molecule has 1 saturated heterocycles. The minimum Gasteiger partial charge on any atom is -0.325 e. The molecule has 1 aliphatic rings. The molecule has 5 heteroatoms. The lowest BCUT2D eigenvalue weighted by molar-refractivity contribution is -0.117. The fraction of sp³-hybridized carbons (Fsp3) is 0.381. The Morgan fingerprint density at radius 2 is 1.77 bits per heavy atom. The van der Waals surface area contributed by atoms with Crippen molar-refractivity contribution in [3.05, 3.63) is 64.2 Å². The number of rotatable bonds is 5. The number of amides is 1. The number of piperazine rings is 1. The zero-order chi connectivity index (χ0) is 18.5. The van der Waals surface area contributed by atoms with Crippen LogP contribution in [-0.4, -0.2) is 48.4 Å². The number of nitrogens with one attached hydrogen (secondary N) is 1. The molecule has 1 N–H and O–H groups in total. The summed E-state index contributed by atoms with van der Waals surface area (Å²) < 4.78 is 0. The quantitative estimate of drug-likeness (QED) is 0.870. The van der Waals surface area contributed by atoms with Gasteiger partial charge in [-0.15, -0.1) is 0 Å². The van der Waals surface area contributed by atoms with Crippen molar-refractivity contribution in [3.63, 3.8) is 0 Å². The highest BCUT2D eigenvalue weighted by Gasteiger charge is 2.19. The molecule has 0 radical (unpaired) electrons. The molecule has 0 aromatic heterocycles. The highest BCUT2D eigenvalue weighted by atomic mass is 35.5. The Morgan fingerprint density at radius 3 is 2.50 bits per heavy atom. The number of carbonyl (C=O) groups is 1. The molecule has 2 aromatic carbocycles. The van der Waals surface area contributed by atoms with Crippen LogP contribution in [-0.2, 0) is 11.3 Å². The molecule has 1 amide bonds. The van der Waals surface area contributed by atoms with E-state index < -0.39 is 0 Å². The third-order valence-electron chi connectivity index (χ3n) is 4.79. The Hall–Kier alpha value is -1.88. The predicted octanol–water partition coefficient (Wildman–Crippen LogP) is 3.71. The van der Waals surface area contributed by atoms with Crippen LogP contribution in [0, 0.1) is 13.8 Å². The maximum absolute atomic E-state index is 12.3. The summed E-state index contributed by atoms with van der Waals surface area (Å²) in [6.07, 6.45) is 0. The van der Waals surface area contributed by atoms with E-state index in [4.69, 9.17) is 11.6 Å². The van der Waals surface area contributed by atoms with Crippen molar-refractivity contribution in [1.29, 1.82) is 0 Å². The van der Waals surface area contributed by atoms with Crippen LogP contribution in [0.1, 0.15) is 16.7 Å². The Balaban J connectivity index is 1.46. The lowest BCUT2D eigenvalue weighted by Gasteiger charge is -2.34. The van der Waals surface area contributed by atoms with Crippen LogP contribution < -0.4 is 5.32 Å². The molecule has 1 aliphatic heterocycles. The monoisotopic (exact) mass is 371 g/mol. The van der Waals surface area contributed by atoms with E-state index in [1.54, 1.807) is 6.07 Å². The minimum absolute atomic E-state index is 0.0162. The average molecular weight is 372 g/mol. The zero-order valence-electron chi connectivity index (χ0n) is 15.5. The lowest BCUT2D eigenvalue weighted by atomic mass is 10.1. The number of hydrogen-bond acceptors (Lipinski definition) is 3. The van der Waals surface area contributed by atoms with Gasteiger partial charge in [-0.25, -0.2) is 0 Å². The third-order valence-corrected chi connectivity index (χ3v) is 5.03. The summed E-state index contributed by atoms with van der Waals surface area (Å²) in [5.41, 5.74) is 4.47. The van der Waals surface area contributed by atoms with Gasteiger partial charge in [-0.1, -0.05) is 47.5 Å². The molecule has 0 saturated carbocycles. The number of carbonyl (C=O) groups excluding carboxylic acids is 1. The topological polar surface area (TPSA) is 35.6 Å². The van der Waals surface area contributed by atoms with E-state index in [0.29, 0.717) is 11.6 Å². The molecule has 0 spiro atoms. The van der Waals surface area contributed by atoms with Crippen molar-refractivity contribution in [2.75, 3.05) is 38.0 Å². The summed E-state index contributed by atoms with van der Waals surface area (Å²) in [4.78, 5) is 17.0. The van der Waals surface area contributed by atoms with E-state index in [0.717, 1.165) is 44.0 Å². The first-order valence-corrected chi connectivity index (χ1v) is 9.43. The second kappa shape index (κ2) is 8.67. The summed E-state index contributed by atoms with van der Waals surface area (Å²) in [5, 5.41) is 3.61. The van der Waals surface area contributed by atoms with Gasteiger partial charge in [-0.3, -0.25) is 14.6 Å². The summed E-state index contributed by atoms with van der Waals surface area (Å²) in [6, 6.07) is 14.2. The molecule has 2 aromatic rings. The van der Waals surface area contributed by atoms with Gasteiger partial charge < -0.3 is 5.32 Å². The van der Waals surface area contributed by atoms with E-state index in [1.165, 1.54) is 11.1 Å². The van der Waals surface area contributed by atoms with Crippen LogP contribution in [0.3, 0.4) is 0 Å². The summed E-state index contributed by atoms with van der Waals surface area (Å²) in [5.74, 6) is 0.0162. The number of anilines is 1. The van der Waals surface area contributed by atoms with Crippen molar-refractivity contribution in [2.24, 2.45) is 0 Å². The summed E-state index contributed by atoms with van der Waals surface area (Å²) in [7, 11) is 0. The molecule has 4 nitrogen and oxygen atoms in total. The predicted molar refractivity (Wildman–Crippen MR) is 108 cm³/mol. The fourth-order valence-corrected chi connectivity index (χ4v) is 3.47. The summed E-state index contributed by atoms with van der Waals surface area (Å²) in [6.45, 7) is 9.28. The Kier molecular flexibility index (Phi) is 6.30. The Labute approximate surface area is 160 Å². The second-order valence-electron chi connectivity index (χ2n) is 7.05. The number of nitrogens with zero attached hydrogens (tertiary/aromatic N) is 2. The van der Waals surface area contributed by atoms with Crippen LogP contribution in [0.4, 0.5) is 5.69 Å². The van der Waals surface area contributed by atoms with Gasteiger partial charge in [0.25, 0.3) is 0 Å². The van der Waals surface area contributed by atoms with E-state index in [9.17, 15) is 4.79 Å². The highest BCUT2D eigenvalue weighted by Crippen LogP contribution is 2.20. The first kappa shape index (κ1) is 18.9. The van der Waals surface area contributed by atoms with E-state index in [-0.39, 0.29) is 5.91 Å². The average Bonchev–Trinajstić information content (AvgIpc) is 2.60. The summed E-state index contributed by atoms with van der Waals surface area (Å²) >= 11 is 6.02. The zero-order valence-corrected chi connectivity index (χ0v) is 16.2. The normalized spacial score (nSPS) is 15.8. The van der Waals surface area contributed by atoms with Gasteiger partial charge in [0.15, 0.2) is 0 Å². The highest BCUT2D eigenvalue weighted by molar-refractivity contribution is 6.31. The standard InChI is InChI=1S/C21H26ClN3O/c1-16-4-3-5-18(12-16)14-24-8-10-25(11-9-24)15-21(26)23-20-13-19(22)7-6-17(20)2/h3-7,12-13H,8-11,14-15H2,1-2H3,(H,23,26). The van der Waals surface area contributed by atoms with Crippen molar-refractivity contribution in [1.82, 2.24) is 9.80 Å². The van der Waals surface area contributed by atoms with E-state index >= 15 is 0 Å². The minimum atomic E-state index is 0.0162. The number of benzene rings is 2. The van der Waals surface area contributed by atoms with Crippen molar-refractivity contribution < 1.29 is 4.79 Å². The molecule has 0 aliphatic carbocycles. The van der Waals surface area contributed by atoms with Gasteiger partial charge >= 0.3 is 0 Å². The van der Waals surface area contributed by atoms with Gasteiger partial charge in [-0.2, -0.15) is 0 Å². The molecule has 26 heavy (non-hydrogen) atoms. The van der Waals surface area contributed by atoms with Crippen LogP contribution >= 0.6 is 11.6 Å². The van der Waals surface area contributed by atoms with Crippen molar-refractivity contribution in [2.45, 2.75) is 20.4 Å². The molecular weight excluding hydrogens is 346 g/mol. The van der Waals surface area contributed by atoms with Crippen LogP contribution in [0.15, 0.2) is 42.5 Å². The molecule has 1 heterocycles. The number of aryl methyl sites for hydroxylation is 2. The van der Waals surface area contributed by atoms with Crippen LogP contribution in [0.25, 0.3) is 0 Å². The van der Waals surface area contributed by atoms with Gasteiger partial charge in [0.1, 0.15) is 0 Å². The second-order valence-corrected chi connectivity index (χ2v) is 7.49. The number of halogens is 1. The molecule has 0 unspecified atom stereocenters. The molecular formula is C21H26ClN3O. The molecule has 1 fully saturated rings. The van der Waals surface area contributed by atoms with E-state index in [2.05, 4.69) is 46.3 Å². The first-order chi connectivity index (χ1) is 12.5. The Bertz CT molecular complexity index is 770. The third kappa shape index (κ3) is 5.31. The van der Waals surface area contributed by atoms with E-state index in [1.807, 2.05) is 19.1 Å². The lowest BCUT2D eigenvalue weighted by Crippen LogP contribution is -2.48. The first-order valence-electron chi connectivity index (χ1n) is 9.06. The molecule has 0 bridgehead atoms. The Morgan fingerprint density at radius 1 is 1.04 bits per heavy atom. The molecule has 138 valence electrons. The van der Waals surface area contributed by atoms with Crippen molar-refractivity contribution in [3.8, 4) is 0 Å². The van der Waals surface area contributed by atoms with Crippen molar-refractivity contribution >= 4 is 23.2 Å². The molecule has 3 rings (SSSR count). The maximum atomic E-state index is 12.3. The molecule has 0 atom stereocenters.